The number of anilines is 1. The van der Waals surface area contributed by atoms with Crippen LogP contribution in [-0.2, 0) is 7.05 Å². The summed E-state index contributed by atoms with van der Waals surface area (Å²) in [6.45, 7) is 3.85. The Balaban J connectivity index is 2.05. The van der Waals surface area contributed by atoms with Gasteiger partial charge < -0.3 is 5.32 Å². The van der Waals surface area contributed by atoms with Crippen LogP contribution in [0.15, 0.2) is 58.1 Å². The summed E-state index contributed by atoms with van der Waals surface area (Å²) in [6.07, 6.45) is 0. The van der Waals surface area contributed by atoms with Crippen molar-refractivity contribution in [3.05, 3.63) is 86.2 Å². The predicted octanol–water partition coefficient (Wildman–Crippen LogP) is 1.80. The number of carbonyl (C=O) groups is 1. The molecule has 0 saturated heterocycles. The van der Waals surface area contributed by atoms with Crippen molar-refractivity contribution in [1.82, 2.24) is 14.3 Å². The van der Waals surface area contributed by atoms with Crippen molar-refractivity contribution in [2.75, 3.05) is 5.32 Å². The molecule has 1 aromatic heterocycles. The van der Waals surface area contributed by atoms with E-state index in [1.54, 1.807) is 24.3 Å². The minimum atomic E-state index is -0.747. The highest BCUT2D eigenvalue weighted by Crippen LogP contribution is 2.10. The van der Waals surface area contributed by atoms with Crippen LogP contribution in [0.4, 0.5) is 5.69 Å². The molecule has 1 heterocycles. The van der Waals surface area contributed by atoms with E-state index < -0.39 is 17.2 Å². The van der Waals surface area contributed by atoms with Gasteiger partial charge in [-0.25, -0.2) is 4.79 Å². The molecule has 3 aromatic rings. The molecule has 26 heavy (non-hydrogen) atoms. The van der Waals surface area contributed by atoms with Gasteiger partial charge in [0.15, 0.2) is 0 Å². The minimum absolute atomic E-state index is 0.353. The molecule has 7 nitrogen and oxygen atoms in total. The maximum Gasteiger partial charge on any atom is 0.351 e. The average molecular weight is 350 g/mol. The zero-order valence-electron chi connectivity index (χ0n) is 14.7. The van der Waals surface area contributed by atoms with Crippen molar-refractivity contribution >= 4 is 11.6 Å². The lowest BCUT2D eigenvalue weighted by Crippen LogP contribution is -2.43. The number of nitrogens with zero attached hydrogens (tertiary/aromatic N) is 3. The molecule has 1 amide bonds. The highest BCUT2D eigenvalue weighted by atomic mass is 16.2. The number of amides is 1. The molecule has 1 N–H and O–H groups in total. The summed E-state index contributed by atoms with van der Waals surface area (Å²) in [4.78, 5) is 37.2. The van der Waals surface area contributed by atoms with Crippen LogP contribution in [0, 0.1) is 13.8 Å². The van der Waals surface area contributed by atoms with Gasteiger partial charge in [0.1, 0.15) is 0 Å². The number of carbonyl (C=O) groups excluding carboxylic acids is 1. The molecule has 0 bridgehead atoms. The average Bonchev–Trinajstić information content (AvgIpc) is 2.63. The summed E-state index contributed by atoms with van der Waals surface area (Å²) in [7, 11) is 1.32. The molecule has 0 atom stereocenters. The zero-order valence-corrected chi connectivity index (χ0v) is 14.7. The summed E-state index contributed by atoms with van der Waals surface area (Å²) in [5, 5.41) is 6.64. The third-order valence-electron chi connectivity index (χ3n) is 3.98. The van der Waals surface area contributed by atoms with Crippen molar-refractivity contribution in [3.63, 3.8) is 0 Å². The first-order chi connectivity index (χ1) is 12.4. The van der Waals surface area contributed by atoms with Crippen LogP contribution in [0.2, 0.25) is 0 Å². The van der Waals surface area contributed by atoms with Gasteiger partial charge in [0.05, 0.1) is 5.69 Å². The van der Waals surface area contributed by atoms with Crippen molar-refractivity contribution in [3.8, 4) is 5.69 Å². The maximum absolute atomic E-state index is 12.5. The Labute approximate surface area is 149 Å². The van der Waals surface area contributed by atoms with Crippen LogP contribution < -0.4 is 16.6 Å². The molecular weight excluding hydrogens is 332 g/mol. The van der Waals surface area contributed by atoms with Gasteiger partial charge in [0.2, 0.25) is 5.69 Å². The van der Waals surface area contributed by atoms with Gasteiger partial charge in [0, 0.05) is 12.7 Å². The number of rotatable bonds is 3. The van der Waals surface area contributed by atoms with Gasteiger partial charge >= 0.3 is 5.69 Å². The topological polar surface area (TPSA) is 86.0 Å². The second-order valence-corrected chi connectivity index (χ2v) is 6.06. The minimum Gasteiger partial charge on any atom is -0.320 e. The maximum atomic E-state index is 12.5. The van der Waals surface area contributed by atoms with Crippen LogP contribution in [0.1, 0.15) is 21.6 Å². The van der Waals surface area contributed by atoms with Crippen molar-refractivity contribution in [2.45, 2.75) is 13.8 Å². The van der Waals surface area contributed by atoms with Crippen LogP contribution in [0.3, 0.4) is 0 Å². The standard InChI is InChI=1S/C19H18N4O3/c1-12-4-8-14(9-5-12)20-17(24)16-18(25)22(3)19(26)23(21-16)15-10-6-13(2)7-11-15/h4-11H,1-3H3,(H,20,24). The molecule has 3 rings (SSSR count). The number of nitrogens with one attached hydrogen (secondary N) is 1. The van der Waals surface area contributed by atoms with E-state index in [2.05, 4.69) is 10.4 Å². The summed E-state index contributed by atoms with van der Waals surface area (Å²) in [5.41, 5.74) is 1.36. The van der Waals surface area contributed by atoms with E-state index in [0.29, 0.717) is 11.4 Å². The van der Waals surface area contributed by atoms with E-state index in [1.165, 1.54) is 7.05 Å². The molecule has 0 unspecified atom stereocenters. The fraction of sp³-hybridized carbons (Fsp3) is 0.158. The van der Waals surface area contributed by atoms with E-state index in [0.717, 1.165) is 20.4 Å². The summed E-state index contributed by atoms with van der Waals surface area (Å²) in [5.74, 6) is -0.671. The first-order valence-electron chi connectivity index (χ1n) is 8.02. The third kappa shape index (κ3) is 3.32. The molecule has 0 radical (unpaired) electrons. The molecule has 0 fully saturated rings. The van der Waals surface area contributed by atoms with Gasteiger partial charge in [-0.05, 0) is 38.1 Å². The largest absolute Gasteiger partial charge is 0.351 e. The molecule has 132 valence electrons. The van der Waals surface area contributed by atoms with Crippen molar-refractivity contribution in [2.24, 2.45) is 7.05 Å². The van der Waals surface area contributed by atoms with Gasteiger partial charge in [-0.3, -0.25) is 14.2 Å². The first kappa shape index (κ1) is 17.3. The second kappa shape index (κ2) is 6.79. The summed E-state index contributed by atoms with van der Waals surface area (Å²) < 4.78 is 1.92. The van der Waals surface area contributed by atoms with E-state index in [9.17, 15) is 14.4 Å². The van der Waals surface area contributed by atoms with E-state index in [1.807, 2.05) is 38.1 Å². The van der Waals surface area contributed by atoms with Crippen LogP contribution in [0.25, 0.3) is 5.69 Å². The lowest BCUT2D eigenvalue weighted by molar-refractivity contribution is 0.101. The molecule has 0 aliphatic heterocycles. The van der Waals surface area contributed by atoms with Gasteiger partial charge in [0.25, 0.3) is 11.5 Å². The zero-order chi connectivity index (χ0) is 18.8. The molecule has 0 aliphatic carbocycles. The summed E-state index contributed by atoms with van der Waals surface area (Å²) >= 11 is 0. The molecule has 0 aliphatic rings. The number of benzene rings is 2. The Bertz CT molecular complexity index is 1080. The SMILES string of the molecule is Cc1ccc(NC(=O)c2nn(-c3ccc(C)cc3)c(=O)n(C)c2=O)cc1. The van der Waals surface area contributed by atoms with Gasteiger partial charge in [-0.2, -0.15) is 9.78 Å². The van der Waals surface area contributed by atoms with E-state index >= 15 is 0 Å². The van der Waals surface area contributed by atoms with E-state index in [-0.39, 0.29) is 5.69 Å². The Kier molecular flexibility index (Phi) is 4.53. The van der Waals surface area contributed by atoms with E-state index in [4.69, 9.17) is 0 Å². The summed E-state index contributed by atoms with van der Waals surface area (Å²) in [6, 6.07) is 14.2. The number of hydrogen-bond acceptors (Lipinski definition) is 4. The molecule has 0 saturated carbocycles. The Hall–Kier alpha value is -3.48. The van der Waals surface area contributed by atoms with Gasteiger partial charge in [-0.15, -0.1) is 0 Å². The smallest absolute Gasteiger partial charge is 0.320 e. The lowest BCUT2D eigenvalue weighted by Gasteiger charge is -2.10. The van der Waals surface area contributed by atoms with Crippen molar-refractivity contribution in [1.29, 1.82) is 0 Å². The Morgan fingerprint density at radius 3 is 2.04 bits per heavy atom. The van der Waals surface area contributed by atoms with Crippen LogP contribution in [-0.4, -0.2) is 20.3 Å². The highest BCUT2D eigenvalue weighted by molar-refractivity contribution is 6.02. The third-order valence-corrected chi connectivity index (χ3v) is 3.98. The van der Waals surface area contributed by atoms with Crippen LogP contribution >= 0.6 is 0 Å². The lowest BCUT2D eigenvalue weighted by atomic mass is 10.2. The molecule has 0 spiro atoms. The van der Waals surface area contributed by atoms with Crippen LogP contribution in [0.5, 0.6) is 0 Å². The Morgan fingerprint density at radius 1 is 0.923 bits per heavy atom. The fourth-order valence-corrected chi connectivity index (χ4v) is 2.40. The molecule has 2 aromatic carbocycles. The highest BCUT2D eigenvalue weighted by Gasteiger charge is 2.18. The molecular formula is C19H18N4O3. The number of aromatic nitrogens is 3. The predicted molar refractivity (Wildman–Crippen MR) is 98.9 cm³/mol. The van der Waals surface area contributed by atoms with Gasteiger partial charge in [-0.1, -0.05) is 35.4 Å². The molecule has 7 heteroatoms. The normalized spacial score (nSPS) is 10.6. The van der Waals surface area contributed by atoms with Crippen molar-refractivity contribution < 1.29 is 4.79 Å². The second-order valence-electron chi connectivity index (χ2n) is 6.06. The Morgan fingerprint density at radius 2 is 1.46 bits per heavy atom. The quantitative estimate of drug-likeness (QED) is 0.780. The monoisotopic (exact) mass is 350 g/mol. The number of aryl methyl sites for hydroxylation is 2. The fourth-order valence-electron chi connectivity index (χ4n) is 2.40. The number of hydrogen-bond donors (Lipinski definition) is 1. The first-order valence-corrected chi connectivity index (χ1v) is 8.02.